The van der Waals surface area contributed by atoms with Crippen LogP contribution in [0.4, 0.5) is 20.7 Å². The number of aromatic nitrogens is 5. The first kappa shape index (κ1) is 28.5. The third-order valence-corrected chi connectivity index (χ3v) is 9.08. The summed E-state index contributed by atoms with van der Waals surface area (Å²) in [5.41, 5.74) is 0.828. The second-order valence-corrected chi connectivity index (χ2v) is 13.4. The zero-order valence-corrected chi connectivity index (χ0v) is 25.4. The highest BCUT2D eigenvalue weighted by atomic mass is 19.1. The first-order valence-electron chi connectivity index (χ1n) is 15.0. The van der Waals surface area contributed by atoms with E-state index in [1.165, 1.54) is 42.3 Å². The Labute approximate surface area is 253 Å². The lowest BCUT2D eigenvalue weighted by Gasteiger charge is -2.60. The van der Waals surface area contributed by atoms with Crippen molar-refractivity contribution in [3.05, 3.63) is 30.3 Å². The molecule has 4 heterocycles. The normalized spacial score (nSPS) is 22.3. The SMILES string of the molecule is C[C@@H]1CCC12CN(c1nc(Oc3cnc(OC4CC(O)C4)nc3)nc3[nH]c4c(N(C)C(=O)OC(C)(C)C)cc(F)cc4c13)C2. The smallest absolute Gasteiger partial charge is 0.414 e. The number of benzene rings is 1. The van der Waals surface area contributed by atoms with E-state index in [4.69, 9.17) is 19.2 Å². The Morgan fingerprint density at radius 2 is 1.89 bits per heavy atom. The molecule has 44 heavy (non-hydrogen) atoms. The van der Waals surface area contributed by atoms with Crippen LogP contribution in [0.2, 0.25) is 0 Å². The summed E-state index contributed by atoms with van der Waals surface area (Å²) in [6.45, 7) is 9.28. The molecule has 0 bridgehead atoms. The van der Waals surface area contributed by atoms with Gasteiger partial charge in [-0.3, -0.25) is 4.90 Å². The van der Waals surface area contributed by atoms with Gasteiger partial charge in [0.25, 0.3) is 0 Å². The van der Waals surface area contributed by atoms with Gasteiger partial charge in [-0.15, -0.1) is 0 Å². The highest BCUT2D eigenvalue weighted by Crippen LogP contribution is 2.54. The number of H-pyrrole nitrogens is 1. The Morgan fingerprint density at radius 3 is 2.50 bits per heavy atom. The van der Waals surface area contributed by atoms with Crippen LogP contribution in [0.3, 0.4) is 0 Å². The monoisotopic (exact) mass is 605 g/mol. The summed E-state index contributed by atoms with van der Waals surface area (Å²) in [4.78, 5) is 37.6. The number of anilines is 2. The predicted octanol–water partition coefficient (Wildman–Crippen LogP) is 5.34. The van der Waals surface area contributed by atoms with Crippen molar-refractivity contribution in [3.63, 3.8) is 0 Å². The van der Waals surface area contributed by atoms with Crippen LogP contribution in [0.15, 0.2) is 24.5 Å². The molecule has 13 heteroatoms. The maximum atomic E-state index is 15.1. The molecule has 1 aliphatic heterocycles. The number of aliphatic hydroxyl groups is 1. The Morgan fingerprint density at radius 1 is 1.16 bits per heavy atom. The number of carbonyl (C=O) groups excluding carboxylic acids is 1. The zero-order chi connectivity index (χ0) is 31.0. The quantitative estimate of drug-likeness (QED) is 0.296. The average molecular weight is 606 g/mol. The molecule has 3 aliphatic rings. The number of ether oxygens (including phenoxy) is 3. The van der Waals surface area contributed by atoms with E-state index in [2.05, 4.69) is 31.8 Å². The Kier molecular flexibility index (Phi) is 6.57. The third kappa shape index (κ3) is 5.02. The standard InChI is InChI=1S/C31H36FN7O5/c1-16-6-7-31(16)14-39(15-31)26-23-21-8-17(32)9-22(38(5)29(41)44-30(2,3)4)24(21)35-25(23)36-28(37-26)43-20-12-33-27(34-13-20)42-19-10-18(40)11-19/h8-9,12-13,16,18-19,40H,6-7,10-11,14-15H2,1-5H3,(H,35,36,37)/t16-,18?,19?/m1/s1. The maximum absolute atomic E-state index is 15.1. The van der Waals surface area contributed by atoms with Gasteiger partial charge in [0.1, 0.15) is 29.0 Å². The van der Waals surface area contributed by atoms with Crippen LogP contribution in [0.5, 0.6) is 17.8 Å². The summed E-state index contributed by atoms with van der Waals surface area (Å²) in [5.74, 6) is 1.07. The number of rotatable bonds is 6. The van der Waals surface area contributed by atoms with Crippen molar-refractivity contribution in [2.75, 3.05) is 29.9 Å². The van der Waals surface area contributed by atoms with Crippen LogP contribution in [0.1, 0.15) is 53.4 Å². The minimum Gasteiger partial charge on any atom is -0.460 e. The van der Waals surface area contributed by atoms with E-state index in [9.17, 15) is 9.90 Å². The molecule has 1 spiro atoms. The van der Waals surface area contributed by atoms with E-state index < -0.39 is 17.5 Å². The van der Waals surface area contributed by atoms with Crippen LogP contribution in [0.25, 0.3) is 21.9 Å². The third-order valence-electron chi connectivity index (χ3n) is 9.08. The minimum atomic E-state index is -0.719. The molecule has 12 nitrogen and oxygen atoms in total. The summed E-state index contributed by atoms with van der Waals surface area (Å²) < 4.78 is 32.4. The van der Waals surface area contributed by atoms with Gasteiger partial charge < -0.3 is 29.2 Å². The van der Waals surface area contributed by atoms with E-state index in [0.717, 1.165) is 13.1 Å². The lowest BCUT2D eigenvalue weighted by atomic mass is 9.56. The molecule has 7 rings (SSSR count). The summed E-state index contributed by atoms with van der Waals surface area (Å²) in [6, 6.07) is 3.00. The number of amides is 1. The fourth-order valence-electron chi connectivity index (χ4n) is 6.26. The van der Waals surface area contributed by atoms with Gasteiger partial charge in [0.05, 0.1) is 35.1 Å². The van der Waals surface area contributed by atoms with E-state index >= 15 is 4.39 Å². The topological polar surface area (TPSA) is 139 Å². The number of halogens is 1. The first-order valence-corrected chi connectivity index (χ1v) is 15.0. The van der Waals surface area contributed by atoms with Gasteiger partial charge in [0.15, 0.2) is 5.75 Å². The highest BCUT2D eigenvalue weighted by Gasteiger charge is 2.53. The number of aliphatic hydroxyl groups excluding tert-OH is 1. The summed E-state index contributed by atoms with van der Waals surface area (Å²) in [7, 11) is 1.55. The van der Waals surface area contributed by atoms with Gasteiger partial charge in [-0.1, -0.05) is 6.92 Å². The molecule has 0 unspecified atom stereocenters. The molecule has 2 aliphatic carbocycles. The summed E-state index contributed by atoms with van der Waals surface area (Å²) >= 11 is 0. The van der Waals surface area contributed by atoms with Gasteiger partial charge in [0, 0.05) is 43.8 Å². The van der Waals surface area contributed by atoms with Crippen molar-refractivity contribution in [1.82, 2.24) is 24.9 Å². The highest BCUT2D eigenvalue weighted by molar-refractivity contribution is 6.16. The van der Waals surface area contributed by atoms with E-state index in [-0.39, 0.29) is 29.6 Å². The maximum Gasteiger partial charge on any atom is 0.414 e. The van der Waals surface area contributed by atoms with Gasteiger partial charge in [-0.25, -0.2) is 9.18 Å². The number of aromatic amines is 1. The van der Waals surface area contributed by atoms with Gasteiger partial charge in [-0.2, -0.15) is 19.9 Å². The van der Waals surface area contributed by atoms with Crippen LogP contribution in [-0.4, -0.2) is 74.1 Å². The molecule has 3 aromatic heterocycles. The van der Waals surface area contributed by atoms with Crippen molar-refractivity contribution in [3.8, 4) is 17.8 Å². The second-order valence-electron chi connectivity index (χ2n) is 13.4. The molecule has 2 N–H and O–H groups in total. The fourth-order valence-corrected chi connectivity index (χ4v) is 6.26. The van der Waals surface area contributed by atoms with E-state index in [1.54, 1.807) is 27.8 Å². The first-order chi connectivity index (χ1) is 20.9. The number of hydrogen-bond donors (Lipinski definition) is 2. The lowest BCUT2D eigenvalue weighted by molar-refractivity contribution is -0.0151. The zero-order valence-electron chi connectivity index (χ0n) is 25.4. The predicted molar refractivity (Wildman–Crippen MR) is 161 cm³/mol. The molecule has 232 valence electrons. The van der Waals surface area contributed by atoms with E-state index in [0.29, 0.717) is 58.0 Å². The minimum absolute atomic E-state index is 0.0727. The molecule has 1 atom stereocenters. The number of hydrogen-bond acceptors (Lipinski definition) is 10. The van der Waals surface area contributed by atoms with Crippen molar-refractivity contribution >= 4 is 39.5 Å². The fraction of sp³-hybridized carbons (Fsp3) is 0.516. The molecule has 1 saturated heterocycles. The van der Waals surface area contributed by atoms with Crippen molar-refractivity contribution < 1.29 is 28.5 Å². The second kappa shape index (κ2) is 10.1. The van der Waals surface area contributed by atoms with E-state index in [1.807, 2.05) is 0 Å². The number of nitrogens with zero attached hydrogens (tertiary/aromatic N) is 6. The van der Waals surface area contributed by atoms with Crippen molar-refractivity contribution in [2.45, 2.75) is 71.2 Å². The lowest BCUT2D eigenvalue weighted by Crippen LogP contribution is -2.64. The van der Waals surface area contributed by atoms with Crippen LogP contribution < -0.4 is 19.3 Å². The summed E-state index contributed by atoms with van der Waals surface area (Å²) in [5, 5.41) is 10.7. The Balaban J connectivity index is 1.26. The molecular weight excluding hydrogens is 569 g/mol. The van der Waals surface area contributed by atoms with Gasteiger partial charge in [-0.05, 0) is 51.7 Å². The molecule has 0 radical (unpaired) electrons. The van der Waals surface area contributed by atoms with Crippen LogP contribution in [-0.2, 0) is 4.74 Å². The van der Waals surface area contributed by atoms with Crippen LogP contribution in [0, 0.1) is 17.2 Å². The van der Waals surface area contributed by atoms with Crippen molar-refractivity contribution in [2.24, 2.45) is 11.3 Å². The molecular formula is C31H36FN7O5. The largest absolute Gasteiger partial charge is 0.460 e. The molecule has 1 amide bonds. The molecule has 2 saturated carbocycles. The number of carbonyl (C=O) groups is 1. The van der Waals surface area contributed by atoms with Gasteiger partial charge in [0.2, 0.25) is 0 Å². The van der Waals surface area contributed by atoms with Gasteiger partial charge >= 0.3 is 18.1 Å². The van der Waals surface area contributed by atoms with Crippen molar-refractivity contribution in [1.29, 1.82) is 0 Å². The number of fused-ring (bicyclic) bond motifs is 3. The summed E-state index contributed by atoms with van der Waals surface area (Å²) in [6.07, 6.45) is 5.39. The number of nitrogens with one attached hydrogen (secondary N) is 1. The van der Waals surface area contributed by atoms with Crippen LogP contribution >= 0.6 is 0 Å². The Bertz CT molecular complexity index is 1740. The Hall–Kier alpha value is -4.26. The molecule has 3 fully saturated rings. The molecule has 4 aromatic rings. The molecule has 1 aromatic carbocycles. The average Bonchev–Trinajstić information content (AvgIpc) is 3.28.